The van der Waals surface area contributed by atoms with Crippen LogP contribution in [0.4, 0.5) is 8.78 Å². The third-order valence-corrected chi connectivity index (χ3v) is 5.01. The molecule has 4 aliphatic rings. The van der Waals surface area contributed by atoms with Crippen LogP contribution in [0.25, 0.3) is 0 Å². The lowest BCUT2D eigenvalue weighted by molar-refractivity contribution is -0.254. The summed E-state index contributed by atoms with van der Waals surface area (Å²) in [5, 5.41) is 8.25. The van der Waals surface area contributed by atoms with Crippen LogP contribution in [0.3, 0.4) is 0 Å². The number of halogens is 2. The Morgan fingerprint density at radius 3 is 2.05 bits per heavy atom. The fraction of sp³-hybridized carbons (Fsp3) is 0.929. The normalized spacial score (nSPS) is 39.2. The van der Waals surface area contributed by atoms with E-state index in [0.717, 1.165) is 37.0 Å². The first-order chi connectivity index (χ1) is 9.39. The number of ether oxygens (including phenoxy) is 2. The van der Waals surface area contributed by atoms with E-state index in [0.29, 0.717) is 0 Å². The van der Waals surface area contributed by atoms with E-state index < -0.39 is 12.1 Å². The third kappa shape index (κ3) is 2.68. The molecule has 4 rings (SSSR count). The Bertz CT molecular complexity index is 361. The number of hydrogen-bond acceptors (Lipinski definition) is 3. The van der Waals surface area contributed by atoms with E-state index in [-0.39, 0.29) is 18.8 Å². The molecule has 0 radical (unpaired) electrons. The molecule has 114 valence electrons. The monoisotopic (exact) mass is 290 g/mol. The summed E-state index contributed by atoms with van der Waals surface area (Å²) in [5.74, 6) is -0.0832. The third-order valence-electron chi connectivity index (χ3n) is 5.01. The molecule has 4 nitrogen and oxygen atoms in total. The Labute approximate surface area is 116 Å². The average molecular weight is 290 g/mol. The van der Waals surface area contributed by atoms with Gasteiger partial charge in [0.1, 0.15) is 0 Å². The summed E-state index contributed by atoms with van der Waals surface area (Å²) < 4.78 is 35.5. The first-order valence-electron chi connectivity index (χ1n) is 7.28. The Morgan fingerprint density at radius 2 is 1.60 bits per heavy atom. The fourth-order valence-corrected chi connectivity index (χ4v) is 4.70. The zero-order valence-electron chi connectivity index (χ0n) is 11.3. The largest absolute Gasteiger partial charge is 0.475 e. The molecule has 0 aromatic rings. The molecular formula is C14H20F2O4. The Morgan fingerprint density at radius 1 is 1.10 bits per heavy atom. The molecule has 0 atom stereocenters. The van der Waals surface area contributed by atoms with Gasteiger partial charge in [-0.05, 0) is 56.3 Å². The second-order valence-electron chi connectivity index (χ2n) is 6.62. The molecule has 4 fully saturated rings. The molecule has 6 heteroatoms. The van der Waals surface area contributed by atoms with E-state index in [2.05, 4.69) is 4.74 Å². The maximum Gasteiger partial charge on any atom is 0.456 e. The summed E-state index contributed by atoms with van der Waals surface area (Å²) in [5.41, 5.74) is -0.156. The Hall–Kier alpha value is -0.750. The van der Waals surface area contributed by atoms with Gasteiger partial charge in [0.05, 0.1) is 18.8 Å². The zero-order chi connectivity index (χ0) is 14.4. The van der Waals surface area contributed by atoms with Crippen molar-refractivity contribution < 1.29 is 28.2 Å². The molecule has 4 aliphatic carbocycles. The van der Waals surface area contributed by atoms with Crippen LogP contribution in [-0.2, 0) is 14.3 Å². The van der Waals surface area contributed by atoms with Gasteiger partial charge in [-0.3, -0.25) is 0 Å². The molecule has 0 saturated heterocycles. The van der Waals surface area contributed by atoms with Gasteiger partial charge in [-0.25, -0.2) is 4.79 Å². The second kappa shape index (κ2) is 4.91. The topological polar surface area (TPSA) is 55.8 Å². The smallest absolute Gasteiger partial charge is 0.456 e. The van der Waals surface area contributed by atoms with Crippen LogP contribution < -0.4 is 0 Å². The maximum atomic E-state index is 12.8. The number of aliphatic carboxylic acids is 1. The fourth-order valence-electron chi connectivity index (χ4n) is 4.70. The van der Waals surface area contributed by atoms with Crippen molar-refractivity contribution in [2.75, 3.05) is 13.2 Å². The highest BCUT2D eigenvalue weighted by molar-refractivity contribution is 5.73. The summed E-state index contributed by atoms with van der Waals surface area (Å²) in [6.07, 6.45) is 2.81. The van der Waals surface area contributed by atoms with E-state index in [1.165, 1.54) is 19.3 Å². The van der Waals surface area contributed by atoms with Crippen molar-refractivity contribution in [2.45, 2.75) is 50.2 Å². The van der Waals surface area contributed by atoms with Crippen LogP contribution in [-0.4, -0.2) is 36.0 Å². The molecule has 20 heavy (non-hydrogen) atoms. The summed E-state index contributed by atoms with van der Waals surface area (Å²) in [6, 6.07) is 0. The van der Waals surface area contributed by atoms with Gasteiger partial charge in [0, 0.05) is 0 Å². The van der Waals surface area contributed by atoms with Crippen LogP contribution in [0.5, 0.6) is 0 Å². The van der Waals surface area contributed by atoms with Gasteiger partial charge in [-0.1, -0.05) is 0 Å². The lowest BCUT2D eigenvalue weighted by Crippen LogP contribution is -2.52. The van der Waals surface area contributed by atoms with Gasteiger partial charge in [-0.15, -0.1) is 0 Å². The van der Waals surface area contributed by atoms with Gasteiger partial charge in [0.2, 0.25) is 0 Å². The van der Waals surface area contributed by atoms with Crippen molar-refractivity contribution in [3.05, 3.63) is 0 Å². The van der Waals surface area contributed by atoms with Gasteiger partial charge in [0.15, 0.2) is 0 Å². The van der Waals surface area contributed by atoms with Crippen molar-refractivity contribution in [1.82, 2.24) is 0 Å². The zero-order valence-corrected chi connectivity index (χ0v) is 11.3. The van der Waals surface area contributed by atoms with Gasteiger partial charge < -0.3 is 14.6 Å². The minimum atomic E-state index is -4.12. The lowest BCUT2D eigenvalue weighted by atomic mass is 9.54. The van der Waals surface area contributed by atoms with Gasteiger partial charge in [-0.2, -0.15) is 8.78 Å². The first-order valence-corrected chi connectivity index (χ1v) is 7.28. The highest BCUT2D eigenvalue weighted by atomic mass is 19.3. The summed E-state index contributed by atoms with van der Waals surface area (Å²) in [6.45, 7) is -0.351. The standard InChI is InChI=1S/C14H20F2O4/c15-14(16,12(17)18)20-2-1-19-13-6-9-3-10(7-13)5-11(4-9)8-13/h9-11H,1-8H2,(H,17,18). The predicted molar refractivity (Wildman–Crippen MR) is 65.4 cm³/mol. The molecule has 4 saturated carbocycles. The quantitative estimate of drug-likeness (QED) is 0.764. The molecule has 0 unspecified atom stereocenters. The molecular weight excluding hydrogens is 270 g/mol. The highest BCUT2D eigenvalue weighted by Gasteiger charge is 2.51. The van der Waals surface area contributed by atoms with Crippen LogP contribution in [0.2, 0.25) is 0 Å². The van der Waals surface area contributed by atoms with E-state index in [1.54, 1.807) is 0 Å². The summed E-state index contributed by atoms with van der Waals surface area (Å²) in [4.78, 5) is 10.2. The van der Waals surface area contributed by atoms with Gasteiger partial charge >= 0.3 is 12.1 Å². The van der Waals surface area contributed by atoms with Gasteiger partial charge in [0.25, 0.3) is 0 Å². The number of rotatable bonds is 6. The number of hydrogen-bond donors (Lipinski definition) is 1. The van der Waals surface area contributed by atoms with Crippen molar-refractivity contribution in [2.24, 2.45) is 17.8 Å². The maximum absolute atomic E-state index is 12.8. The lowest BCUT2D eigenvalue weighted by Gasteiger charge is -2.56. The number of carboxylic acids is 1. The van der Waals surface area contributed by atoms with E-state index in [9.17, 15) is 13.6 Å². The molecule has 0 amide bonds. The predicted octanol–water partition coefficient (Wildman–Crippen LogP) is 2.67. The van der Waals surface area contributed by atoms with Crippen molar-refractivity contribution in [3.63, 3.8) is 0 Å². The molecule has 0 aliphatic heterocycles. The van der Waals surface area contributed by atoms with E-state index in [4.69, 9.17) is 9.84 Å². The molecule has 0 aromatic heterocycles. The number of alkyl halides is 2. The molecule has 0 aromatic carbocycles. The van der Waals surface area contributed by atoms with Crippen LogP contribution >= 0.6 is 0 Å². The Balaban J connectivity index is 1.48. The molecule has 0 heterocycles. The molecule has 1 N–H and O–H groups in total. The molecule has 0 spiro atoms. The van der Waals surface area contributed by atoms with Crippen LogP contribution in [0.15, 0.2) is 0 Å². The molecule has 4 bridgehead atoms. The second-order valence-corrected chi connectivity index (χ2v) is 6.62. The minimum Gasteiger partial charge on any atom is -0.475 e. The van der Waals surface area contributed by atoms with E-state index >= 15 is 0 Å². The highest BCUT2D eigenvalue weighted by Crippen LogP contribution is 2.57. The first kappa shape index (κ1) is 14.2. The van der Waals surface area contributed by atoms with E-state index in [1.807, 2.05) is 0 Å². The van der Waals surface area contributed by atoms with Crippen molar-refractivity contribution in [1.29, 1.82) is 0 Å². The number of carbonyl (C=O) groups is 1. The van der Waals surface area contributed by atoms with Crippen molar-refractivity contribution in [3.8, 4) is 0 Å². The minimum absolute atomic E-state index is 0.0367. The summed E-state index contributed by atoms with van der Waals surface area (Å²) >= 11 is 0. The average Bonchev–Trinajstić information content (AvgIpc) is 2.33. The Kier molecular flexibility index (Phi) is 3.49. The number of carboxylic acid groups (broad SMARTS) is 1. The van der Waals surface area contributed by atoms with Crippen LogP contribution in [0, 0.1) is 17.8 Å². The van der Waals surface area contributed by atoms with Crippen LogP contribution in [0.1, 0.15) is 38.5 Å². The summed E-state index contributed by atoms with van der Waals surface area (Å²) in [7, 11) is 0. The van der Waals surface area contributed by atoms with Crippen molar-refractivity contribution >= 4 is 5.97 Å². The SMILES string of the molecule is O=C(O)C(F)(F)OCCOC12CC3CC(CC(C3)C1)C2.